The Morgan fingerprint density at radius 1 is 1.54 bits per heavy atom. The van der Waals surface area contributed by atoms with Crippen molar-refractivity contribution in [3.8, 4) is 0 Å². The maximum absolute atomic E-state index is 11.7. The molecule has 1 amide bonds. The maximum atomic E-state index is 11.7. The molecule has 1 aliphatic heterocycles. The number of nitrogens with zero attached hydrogens (tertiary/aromatic N) is 2. The van der Waals surface area contributed by atoms with Gasteiger partial charge in [-0.25, -0.2) is 0 Å². The molecule has 74 valence electrons. The van der Waals surface area contributed by atoms with Crippen molar-refractivity contribution in [2.24, 2.45) is 5.92 Å². The molecule has 4 heteroatoms. The Bertz CT molecular complexity index is 283. The van der Waals surface area contributed by atoms with Crippen LogP contribution in [0.4, 0.5) is 0 Å². The number of hydroxylamine groups is 1. The van der Waals surface area contributed by atoms with E-state index >= 15 is 0 Å². The lowest BCUT2D eigenvalue weighted by Gasteiger charge is -2.33. The number of rotatable bonds is 1. The molecule has 0 N–H and O–H groups in total. The molecule has 4 nitrogen and oxygen atoms in total. The third-order valence-corrected chi connectivity index (χ3v) is 3.10. The van der Waals surface area contributed by atoms with Crippen LogP contribution < -0.4 is 0 Å². The van der Waals surface area contributed by atoms with Crippen LogP contribution in [0, 0.1) is 11.1 Å². The largest absolute Gasteiger partial charge is 0.622 e. The fourth-order valence-corrected chi connectivity index (χ4v) is 1.63. The summed E-state index contributed by atoms with van der Waals surface area (Å²) in [5.41, 5.74) is -0.444. The first-order chi connectivity index (χ1) is 5.83. The third kappa shape index (κ3) is 1.04. The number of hydrogen-bond donors (Lipinski definition) is 0. The molecule has 0 saturated carbocycles. The number of amides is 1. The average Bonchev–Trinajstić information content (AvgIpc) is 2.22. The highest BCUT2D eigenvalue weighted by molar-refractivity contribution is 6.36. The van der Waals surface area contributed by atoms with E-state index in [-0.39, 0.29) is 17.5 Å². The highest BCUT2D eigenvalue weighted by Gasteiger charge is 2.52. The van der Waals surface area contributed by atoms with Gasteiger partial charge < -0.3 is 5.21 Å². The van der Waals surface area contributed by atoms with Crippen molar-refractivity contribution in [1.29, 1.82) is 0 Å². The van der Waals surface area contributed by atoms with Gasteiger partial charge in [0.05, 0.1) is 0 Å². The molecule has 0 saturated heterocycles. The van der Waals surface area contributed by atoms with Gasteiger partial charge in [0.1, 0.15) is 0 Å². The summed E-state index contributed by atoms with van der Waals surface area (Å²) in [7, 11) is 1.67. The zero-order valence-corrected chi connectivity index (χ0v) is 8.79. The van der Waals surface area contributed by atoms with Gasteiger partial charge in [-0.15, -0.1) is 0 Å². The summed E-state index contributed by atoms with van der Waals surface area (Å²) in [4.78, 5) is 13.0. The monoisotopic (exact) mass is 184 g/mol. The van der Waals surface area contributed by atoms with Gasteiger partial charge in [-0.2, -0.15) is 4.74 Å². The van der Waals surface area contributed by atoms with Crippen LogP contribution in [0.5, 0.6) is 0 Å². The molecule has 1 atom stereocenters. The van der Waals surface area contributed by atoms with E-state index < -0.39 is 5.66 Å². The molecule has 1 aliphatic rings. The second-order valence-corrected chi connectivity index (χ2v) is 3.99. The van der Waals surface area contributed by atoms with Crippen molar-refractivity contribution >= 4 is 11.6 Å². The summed E-state index contributed by atoms with van der Waals surface area (Å²) in [5, 5.41) is 11.7. The minimum Gasteiger partial charge on any atom is -0.622 e. The molecular weight excluding hydrogens is 168 g/mol. The highest BCUT2D eigenvalue weighted by atomic mass is 16.5. The van der Waals surface area contributed by atoms with Gasteiger partial charge in [-0.1, -0.05) is 13.8 Å². The predicted molar refractivity (Wildman–Crippen MR) is 50.3 cm³/mol. The second-order valence-electron chi connectivity index (χ2n) is 3.99. The van der Waals surface area contributed by atoms with Crippen LogP contribution in [0.1, 0.15) is 27.7 Å². The SMILES string of the molecule is CC1=[N+]([O-])C(C)(C(C)C)N(C)C1=O. The fraction of sp³-hybridized carbons (Fsp3) is 0.778. The number of carbonyl (C=O) groups is 1. The van der Waals surface area contributed by atoms with E-state index in [2.05, 4.69) is 0 Å². The highest BCUT2D eigenvalue weighted by Crippen LogP contribution is 2.28. The first-order valence-electron chi connectivity index (χ1n) is 4.42. The first-order valence-corrected chi connectivity index (χ1v) is 4.42. The summed E-state index contributed by atoms with van der Waals surface area (Å²) >= 11 is 0. The number of hydrogen-bond acceptors (Lipinski definition) is 2. The lowest BCUT2D eigenvalue weighted by Crippen LogP contribution is -2.51. The molecule has 13 heavy (non-hydrogen) atoms. The van der Waals surface area contributed by atoms with Crippen LogP contribution in [-0.4, -0.2) is 34.0 Å². The van der Waals surface area contributed by atoms with Crippen LogP contribution in [0.25, 0.3) is 0 Å². The smallest absolute Gasteiger partial charge is 0.319 e. The van der Waals surface area contributed by atoms with E-state index in [9.17, 15) is 10.0 Å². The van der Waals surface area contributed by atoms with E-state index in [1.54, 1.807) is 20.9 Å². The van der Waals surface area contributed by atoms with Crippen molar-refractivity contribution in [3.05, 3.63) is 5.21 Å². The Kier molecular flexibility index (Phi) is 2.10. The van der Waals surface area contributed by atoms with Gasteiger partial charge in [-0.3, -0.25) is 9.69 Å². The molecule has 0 aromatic carbocycles. The zero-order chi connectivity index (χ0) is 10.4. The molecule has 0 spiro atoms. The van der Waals surface area contributed by atoms with E-state index in [0.717, 1.165) is 4.74 Å². The Morgan fingerprint density at radius 2 is 2.00 bits per heavy atom. The maximum Gasteiger partial charge on any atom is 0.319 e. The summed E-state index contributed by atoms with van der Waals surface area (Å²) in [6.07, 6.45) is 0. The predicted octanol–water partition coefficient (Wildman–Crippen LogP) is 0.802. The standard InChI is InChI=1S/C9H16N2O2/c1-6(2)9(4)10(5)8(12)7(3)11(9)13/h6H,1-5H3. The average molecular weight is 184 g/mol. The van der Waals surface area contributed by atoms with Crippen LogP contribution in [0.15, 0.2) is 0 Å². The van der Waals surface area contributed by atoms with E-state index in [4.69, 9.17) is 0 Å². The van der Waals surface area contributed by atoms with Crippen LogP contribution in [0.2, 0.25) is 0 Å². The van der Waals surface area contributed by atoms with Crippen LogP contribution >= 0.6 is 0 Å². The van der Waals surface area contributed by atoms with Gasteiger partial charge in [-0.05, 0) is 0 Å². The van der Waals surface area contributed by atoms with Crippen LogP contribution in [0.3, 0.4) is 0 Å². The summed E-state index contributed by atoms with van der Waals surface area (Å²) in [6, 6.07) is 0. The Labute approximate surface area is 78.4 Å². The van der Waals surface area contributed by atoms with Gasteiger partial charge in [0.2, 0.25) is 0 Å². The summed E-state index contributed by atoms with van der Waals surface area (Å²) in [5.74, 6) is -0.0670. The first kappa shape index (κ1) is 10.0. The van der Waals surface area contributed by atoms with Gasteiger partial charge in [0.25, 0.3) is 11.4 Å². The van der Waals surface area contributed by atoms with E-state index in [1.807, 2.05) is 13.8 Å². The Morgan fingerprint density at radius 3 is 2.15 bits per heavy atom. The van der Waals surface area contributed by atoms with E-state index in [0.29, 0.717) is 0 Å². The zero-order valence-electron chi connectivity index (χ0n) is 8.79. The molecule has 0 fully saturated rings. The Hall–Kier alpha value is -1.06. The minimum absolute atomic E-state index is 0.108. The number of carbonyl (C=O) groups excluding carboxylic acids is 1. The fourth-order valence-electron chi connectivity index (χ4n) is 1.63. The summed E-state index contributed by atoms with van der Waals surface area (Å²) < 4.78 is 0.819. The molecule has 0 radical (unpaired) electrons. The second kappa shape index (κ2) is 2.72. The quantitative estimate of drug-likeness (QED) is 0.447. The molecule has 0 aliphatic carbocycles. The van der Waals surface area contributed by atoms with Gasteiger partial charge >= 0.3 is 5.91 Å². The van der Waals surface area contributed by atoms with E-state index in [1.165, 1.54) is 4.90 Å². The molecule has 0 aromatic rings. The molecule has 1 rings (SSSR count). The minimum atomic E-state index is -0.721. The van der Waals surface area contributed by atoms with Crippen LogP contribution in [-0.2, 0) is 4.79 Å². The molecule has 1 heterocycles. The van der Waals surface area contributed by atoms with Crippen molar-refractivity contribution in [2.45, 2.75) is 33.4 Å². The molecular formula is C9H16N2O2. The van der Waals surface area contributed by atoms with Gasteiger partial charge in [0.15, 0.2) is 0 Å². The topological polar surface area (TPSA) is 46.4 Å². The van der Waals surface area contributed by atoms with Crippen molar-refractivity contribution in [1.82, 2.24) is 4.90 Å². The van der Waals surface area contributed by atoms with Gasteiger partial charge in [0, 0.05) is 26.8 Å². The Balaban J connectivity index is 3.22. The van der Waals surface area contributed by atoms with Crippen molar-refractivity contribution in [2.75, 3.05) is 7.05 Å². The third-order valence-electron chi connectivity index (χ3n) is 3.10. The summed E-state index contributed by atoms with van der Waals surface area (Å²) in [6.45, 7) is 7.24. The molecule has 1 unspecified atom stereocenters. The van der Waals surface area contributed by atoms with Crippen molar-refractivity contribution in [3.63, 3.8) is 0 Å². The normalized spacial score (nSPS) is 29.4. The molecule has 0 aromatic heterocycles. The molecule has 0 bridgehead atoms. The lowest BCUT2D eigenvalue weighted by atomic mass is 9.98. The van der Waals surface area contributed by atoms with Crippen molar-refractivity contribution < 1.29 is 9.53 Å². The lowest BCUT2D eigenvalue weighted by molar-refractivity contribution is -0.571.